The van der Waals surface area contributed by atoms with Gasteiger partial charge in [0.05, 0.1) is 11.4 Å². The molecule has 182 valence electrons. The fourth-order valence-electron chi connectivity index (χ4n) is 5.02. The topological polar surface area (TPSA) is 64.3 Å². The molecule has 0 radical (unpaired) electrons. The maximum Gasteiger partial charge on any atom is 0.341 e. The molecule has 1 heterocycles. The standard InChI is InChI=1S/C31H30N2O3/c1-2-33-30(23-14-7-4-8-15-23)29(22-12-5-3-6-13-22)32-31(33)27-19-10-9-18-26(27)24-16-11-17-25(20-24)36-21-28(34)35/h3-8,10,12-15,17,19-20H,2,9,11,16,18,21H2,1H3,(H,34,35). The van der Waals surface area contributed by atoms with E-state index >= 15 is 0 Å². The van der Waals surface area contributed by atoms with Crippen LogP contribution in [0.25, 0.3) is 28.1 Å². The molecule has 0 atom stereocenters. The van der Waals surface area contributed by atoms with Crippen LogP contribution in [0.1, 0.15) is 38.4 Å². The number of aliphatic carboxylic acids is 1. The van der Waals surface area contributed by atoms with Crippen LogP contribution in [0.5, 0.6) is 0 Å². The summed E-state index contributed by atoms with van der Waals surface area (Å²) in [6.07, 6.45) is 12.0. The van der Waals surface area contributed by atoms with Gasteiger partial charge in [-0.1, -0.05) is 72.8 Å². The highest BCUT2D eigenvalue weighted by molar-refractivity contribution is 5.85. The maximum atomic E-state index is 11.0. The molecule has 5 heteroatoms. The van der Waals surface area contributed by atoms with E-state index in [1.165, 1.54) is 11.1 Å². The fraction of sp³-hybridized carbons (Fsp3) is 0.226. The number of ether oxygens (including phenoxy) is 1. The van der Waals surface area contributed by atoms with Crippen molar-refractivity contribution in [2.45, 2.75) is 39.2 Å². The smallest absolute Gasteiger partial charge is 0.341 e. The van der Waals surface area contributed by atoms with Gasteiger partial charge in [-0.15, -0.1) is 0 Å². The molecular weight excluding hydrogens is 448 g/mol. The summed E-state index contributed by atoms with van der Waals surface area (Å²) >= 11 is 0. The lowest BCUT2D eigenvalue weighted by Gasteiger charge is -2.22. The highest BCUT2D eigenvalue weighted by Crippen LogP contribution is 2.40. The third-order valence-electron chi connectivity index (χ3n) is 6.62. The predicted octanol–water partition coefficient (Wildman–Crippen LogP) is 7.05. The number of imidazole rings is 1. The minimum absolute atomic E-state index is 0.331. The SMILES string of the molecule is CCn1c(C2=C(C3=CC(OCC(=O)O)=CCC3)CCC=C2)nc(-c2ccccc2)c1-c1ccccc1. The van der Waals surface area contributed by atoms with Gasteiger partial charge in [0.2, 0.25) is 0 Å². The molecule has 5 rings (SSSR count). The summed E-state index contributed by atoms with van der Waals surface area (Å²) in [6, 6.07) is 20.8. The van der Waals surface area contributed by atoms with Gasteiger partial charge in [0.15, 0.2) is 6.61 Å². The van der Waals surface area contributed by atoms with Gasteiger partial charge in [0.1, 0.15) is 11.6 Å². The summed E-state index contributed by atoms with van der Waals surface area (Å²) in [4.78, 5) is 16.3. The minimum atomic E-state index is -0.969. The molecule has 1 aromatic heterocycles. The number of nitrogens with zero attached hydrogens (tertiary/aromatic N) is 2. The Morgan fingerprint density at radius 3 is 2.42 bits per heavy atom. The van der Waals surface area contributed by atoms with E-state index in [1.807, 2.05) is 24.3 Å². The molecule has 0 bridgehead atoms. The number of rotatable bonds is 8. The lowest BCUT2D eigenvalue weighted by molar-refractivity contribution is -0.140. The van der Waals surface area contributed by atoms with Gasteiger partial charge >= 0.3 is 5.97 Å². The average Bonchev–Trinajstić information content (AvgIpc) is 3.32. The van der Waals surface area contributed by atoms with E-state index in [2.05, 4.69) is 72.2 Å². The molecule has 5 nitrogen and oxygen atoms in total. The molecule has 0 fully saturated rings. The van der Waals surface area contributed by atoms with E-state index in [4.69, 9.17) is 14.8 Å². The van der Waals surface area contributed by atoms with Gasteiger partial charge in [-0.25, -0.2) is 9.78 Å². The first-order valence-corrected chi connectivity index (χ1v) is 12.5. The summed E-state index contributed by atoms with van der Waals surface area (Å²) in [5.41, 5.74) is 7.93. The number of carboxylic acid groups (broad SMARTS) is 1. The molecule has 0 aliphatic heterocycles. The lowest BCUT2D eigenvalue weighted by Crippen LogP contribution is -2.10. The second kappa shape index (κ2) is 10.6. The Labute approximate surface area is 211 Å². The minimum Gasteiger partial charge on any atom is -0.482 e. The van der Waals surface area contributed by atoms with Gasteiger partial charge < -0.3 is 14.4 Å². The molecular formula is C31H30N2O3. The molecule has 0 saturated carbocycles. The summed E-state index contributed by atoms with van der Waals surface area (Å²) < 4.78 is 7.84. The van der Waals surface area contributed by atoms with Crippen molar-refractivity contribution in [3.05, 3.63) is 108 Å². The molecule has 0 amide bonds. The van der Waals surface area contributed by atoms with E-state index in [-0.39, 0.29) is 6.61 Å². The largest absolute Gasteiger partial charge is 0.482 e. The Balaban J connectivity index is 1.67. The van der Waals surface area contributed by atoms with Crippen LogP contribution >= 0.6 is 0 Å². The summed E-state index contributed by atoms with van der Waals surface area (Å²) in [6.45, 7) is 2.62. The number of carboxylic acids is 1. The first-order valence-electron chi connectivity index (χ1n) is 12.5. The first-order chi connectivity index (χ1) is 17.7. The van der Waals surface area contributed by atoms with Gasteiger partial charge in [-0.2, -0.15) is 0 Å². The monoisotopic (exact) mass is 478 g/mol. The van der Waals surface area contributed by atoms with Gasteiger partial charge in [-0.3, -0.25) is 0 Å². The molecule has 2 aromatic carbocycles. The maximum absolute atomic E-state index is 11.0. The van der Waals surface area contributed by atoms with Crippen molar-refractivity contribution in [1.82, 2.24) is 9.55 Å². The Bertz CT molecular complexity index is 1380. The number of hydrogen-bond acceptors (Lipinski definition) is 3. The van der Waals surface area contributed by atoms with Crippen molar-refractivity contribution in [2.24, 2.45) is 0 Å². The number of carbonyl (C=O) groups is 1. The van der Waals surface area contributed by atoms with Gasteiger partial charge in [0, 0.05) is 23.2 Å². The van der Waals surface area contributed by atoms with Crippen molar-refractivity contribution in [2.75, 3.05) is 6.61 Å². The van der Waals surface area contributed by atoms with Gasteiger partial charge in [-0.05, 0) is 55.9 Å². The zero-order valence-electron chi connectivity index (χ0n) is 20.5. The second-order valence-corrected chi connectivity index (χ2v) is 8.94. The number of hydrogen-bond donors (Lipinski definition) is 1. The van der Waals surface area contributed by atoms with E-state index in [0.717, 1.165) is 66.1 Å². The van der Waals surface area contributed by atoms with Gasteiger partial charge in [0.25, 0.3) is 0 Å². The molecule has 2 aliphatic rings. The quantitative estimate of drug-likeness (QED) is 0.377. The zero-order chi connectivity index (χ0) is 24.9. The van der Waals surface area contributed by atoms with E-state index in [1.54, 1.807) is 0 Å². The Morgan fingerprint density at radius 1 is 1.00 bits per heavy atom. The number of benzene rings is 2. The molecule has 0 spiro atoms. The van der Waals surface area contributed by atoms with Crippen molar-refractivity contribution in [1.29, 1.82) is 0 Å². The first kappa shape index (κ1) is 23.6. The highest BCUT2D eigenvalue weighted by atomic mass is 16.5. The number of allylic oxidation sites excluding steroid dienone is 7. The summed E-state index contributed by atoms with van der Waals surface area (Å²) in [5.74, 6) is 0.627. The Hall–Kier alpha value is -4.12. The van der Waals surface area contributed by atoms with Crippen molar-refractivity contribution in [3.8, 4) is 22.5 Å². The number of aromatic nitrogens is 2. The van der Waals surface area contributed by atoms with Crippen LogP contribution in [-0.4, -0.2) is 27.2 Å². The molecule has 2 aliphatic carbocycles. The summed E-state index contributed by atoms with van der Waals surface area (Å²) in [5, 5.41) is 9.02. The Kier molecular flexibility index (Phi) is 6.99. The van der Waals surface area contributed by atoms with Crippen LogP contribution in [0.3, 0.4) is 0 Å². The fourth-order valence-corrected chi connectivity index (χ4v) is 5.02. The summed E-state index contributed by atoms with van der Waals surface area (Å²) in [7, 11) is 0. The Morgan fingerprint density at radius 2 is 1.72 bits per heavy atom. The van der Waals surface area contributed by atoms with Crippen LogP contribution < -0.4 is 0 Å². The molecule has 0 saturated heterocycles. The molecule has 36 heavy (non-hydrogen) atoms. The van der Waals surface area contributed by atoms with Crippen LogP contribution in [0, 0.1) is 0 Å². The molecule has 1 N–H and O–H groups in total. The second-order valence-electron chi connectivity index (χ2n) is 8.94. The zero-order valence-corrected chi connectivity index (χ0v) is 20.5. The normalized spacial score (nSPS) is 15.5. The predicted molar refractivity (Wildman–Crippen MR) is 143 cm³/mol. The average molecular weight is 479 g/mol. The van der Waals surface area contributed by atoms with Crippen LogP contribution in [0.15, 0.2) is 102 Å². The third-order valence-corrected chi connectivity index (χ3v) is 6.62. The van der Waals surface area contributed by atoms with Crippen molar-refractivity contribution >= 4 is 11.5 Å². The van der Waals surface area contributed by atoms with Crippen LogP contribution in [0.2, 0.25) is 0 Å². The third kappa shape index (κ3) is 4.82. The van der Waals surface area contributed by atoms with Crippen molar-refractivity contribution < 1.29 is 14.6 Å². The van der Waals surface area contributed by atoms with Crippen LogP contribution in [0.4, 0.5) is 0 Å². The van der Waals surface area contributed by atoms with Crippen molar-refractivity contribution in [3.63, 3.8) is 0 Å². The van der Waals surface area contributed by atoms with E-state index < -0.39 is 5.97 Å². The highest BCUT2D eigenvalue weighted by Gasteiger charge is 2.25. The van der Waals surface area contributed by atoms with E-state index in [9.17, 15) is 4.79 Å². The lowest BCUT2D eigenvalue weighted by atomic mass is 9.86. The van der Waals surface area contributed by atoms with Crippen LogP contribution in [-0.2, 0) is 16.1 Å². The van der Waals surface area contributed by atoms with E-state index in [0.29, 0.717) is 5.76 Å². The molecule has 0 unspecified atom stereocenters. The molecule has 3 aromatic rings.